The van der Waals surface area contributed by atoms with Crippen molar-refractivity contribution in [3.05, 3.63) is 34.9 Å². The number of benzene rings is 1. The summed E-state index contributed by atoms with van der Waals surface area (Å²) in [4.78, 5) is 0. The summed E-state index contributed by atoms with van der Waals surface area (Å²) in [6, 6.07) is 6.78. The number of nitrogens with one attached hydrogen (secondary N) is 1. The maximum absolute atomic E-state index is 5.51. The van der Waals surface area contributed by atoms with Gasteiger partial charge in [-0.3, -0.25) is 0 Å². The Hall–Kier alpha value is -0.860. The van der Waals surface area contributed by atoms with Crippen molar-refractivity contribution in [2.75, 3.05) is 26.8 Å². The zero-order valence-electron chi connectivity index (χ0n) is 11.2. The molecule has 2 rings (SSSR count). The molecule has 0 atom stereocenters. The van der Waals surface area contributed by atoms with Gasteiger partial charge in [-0.1, -0.05) is 23.8 Å². The van der Waals surface area contributed by atoms with E-state index < -0.39 is 0 Å². The van der Waals surface area contributed by atoms with E-state index in [0.29, 0.717) is 0 Å². The molecule has 0 aromatic heterocycles. The Morgan fingerprint density at radius 1 is 1.24 bits per heavy atom. The number of aryl methyl sites for hydroxylation is 2. The zero-order valence-corrected chi connectivity index (χ0v) is 11.2. The molecule has 2 nitrogen and oxygen atoms in total. The molecule has 1 aromatic carbocycles. The molecule has 0 radical (unpaired) electrons. The van der Waals surface area contributed by atoms with Crippen LogP contribution in [0.4, 0.5) is 0 Å². The summed E-state index contributed by atoms with van der Waals surface area (Å²) in [7, 11) is 1.81. The molecular formula is C15H23NO. The van der Waals surface area contributed by atoms with Gasteiger partial charge in [-0.25, -0.2) is 0 Å². The van der Waals surface area contributed by atoms with E-state index in [1.54, 1.807) is 0 Å². The van der Waals surface area contributed by atoms with Gasteiger partial charge < -0.3 is 10.1 Å². The van der Waals surface area contributed by atoms with E-state index in [4.69, 9.17) is 4.74 Å². The van der Waals surface area contributed by atoms with Crippen LogP contribution in [0.25, 0.3) is 0 Å². The van der Waals surface area contributed by atoms with Crippen molar-refractivity contribution in [1.82, 2.24) is 5.32 Å². The zero-order chi connectivity index (χ0) is 12.3. The fourth-order valence-corrected chi connectivity index (χ4v) is 2.98. The standard InChI is InChI=1S/C15H23NO/c1-12-4-5-13(2)14(10-12)15(11-17-3)6-8-16-9-7-15/h4-5,10,16H,6-9,11H2,1-3H3. The number of methoxy groups -OCH3 is 1. The second kappa shape index (κ2) is 5.19. The van der Waals surface area contributed by atoms with Crippen LogP contribution < -0.4 is 5.32 Å². The molecule has 1 aromatic rings. The third-order valence-electron chi connectivity index (χ3n) is 3.95. The molecule has 1 saturated heterocycles. The molecule has 2 heteroatoms. The van der Waals surface area contributed by atoms with Gasteiger partial charge in [0, 0.05) is 12.5 Å². The lowest BCUT2D eigenvalue weighted by Crippen LogP contribution is -2.43. The van der Waals surface area contributed by atoms with Crippen LogP contribution in [-0.4, -0.2) is 26.8 Å². The van der Waals surface area contributed by atoms with Gasteiger partial charge >= 0.3 is 0 Å². The van der Waals surface area contributed by atoms with Crippen LogP contribution in [0.15, 0.2) is 18.2 Å². The molecule has 0 unspecified atom stereocenters. The summed E-state index contributed by atoms with van der Waals surface area (Å²) in [6.45, 7) is 7.41. The highest BCUT2D eigenvalue weighted by molar-refractivity contribution is 5.37. The van der Waals surface area contributed by atoms with Crippen LogP contribution in [0.2, 0.25) is 0 Å². The lowest BCUT2D eigenvalue weighted by Gasteiger charge is -2.38. The lowest BCUT2D eigenvalue weighted by molar-refractivity contribution is 0.107. The number of piperidine rings is 1. The summed E-state index contributed by atoms with van der Waals surface area (Å²) in [5.41, 5.74) is 4.45. The van der Waals surface area contributed by atoms with Gasteiger partial charge in [0.25, 0.3) is 0 Å². The third kappa shape index (κ3) is 2.53. The highest BCUT2D eigenvalue weighted by Crippen LogP contribution is 2.36. The number of rotatable bonds is 3. The average Bonchev–Trinajstić information content (AvgIpc) is 2.34. The van der Waals surface area contributed by atoms with E-state index in [2.05, 4.69) is 37.4 Å². The van der Waals surface area contributed by atoms with E-state index in [1.807, 2.05) is 7.11 Å². The van der Waals surface area contributed by atoms with E-state index in [0.717, 1.165) is 19.7 Å². The number of hydrogen-bond donors (Lipinski definition) is 1. The van der Waals surface area contributed by atoms with E-state index in [-0.39, 0.29) is 5.41 Å². The quantitative estimate of drug-likeness (QED) is 0.866. The maximum atomic E-state index is 5.51. The Labute approximate surface area is 104 Å². The van der Waals surface area contributed by atoms with Crippen LogP contribution in [0.5, 0.6) is 0 Å². The van der Waals surface area contributed by atoms with Crippen molar-refractivity contribution >= 4 is 0 Å². The maximum Gasteiger partial charge on any atom is 0.0560 e. The lowest BCUT2D eigenvalue weighted by atomic mass is 9.72. The van der Waals surface area contributed by atoms with Crippen LogP contribution in [0.1, 0.15) is 29.5 Å². The minimum atomic E-state index is 0.218. The van der Waals surface area contributed by atoms with E-state index >= 15 is 0 Å². The molecule has 1 aliphatic heterocycles. The third-order valence-corrected chi connectivity index (χ3v) is 3.95. The first-order valence-corrected chi connectivity index (χ1v) is 6.45. The summed E-state index contributed by atoms with van der Waals surface area (Å²) >= 11 is 0. The second-order valence-electron chi connectivity index (χ2n) is 5.28. The summed E-state index contributed by atoms with van der Waals surface area (Å²) in [6.07, 6.45) is 2.34. The molecule has 0 spiro atoms. The SMILES string of the molecule is COCC1(c2cc(C)ccc2C)CCNCC1. The van der Waals surface area contributed by atoms with Crippen molar-refractivity contribution in [3.63, 3.8) is 0 Å². The molecule has 94 valence electrons. The molecule has 17 heavy (non-hydrogen) atoms. The highest BCUT2D eigenvalue weighted by atomic mass is 16.5. The molecule has 0 amide bonds. The fraction of sp³-hybridized carbons (Fsp3) is 0.600. The topological polar surface area (TPSA) is 21.3 Å². The Kier molecular flexibility index (Phi) is 3.85. The van der Waals surface area contributed by atoms with Gasteiger partial charge in [-0.15, -0.1) is 0 Å². The summed E-state index contributed by atoms with van der Waals surface area (Å²) in [5.74, 6) is 0. The fourth-order valence-electron chi connectivity index (χ4n) is 2.98. The van der Waals surface area contributed by atoms with E-state index in [9.17, 15) is 0 Å². The Morgan fingerprint density at radius 3 is 2.59 bits per heavy atom. The molecule has 1 heterocycles. The Morgan fingerprint density at radius 2 is 1.94 bits per heavy atom. The largest absolute Gasteiger partial charge is 0.384 e. The van der Waals surface area contributed by atoms with Crippen LogP contribution in [-0.2, 0) is 10.2 Å². The van der Waals surface area contributed by atoms with Gasteiger partial charge in [-0.2, -0.15) is 0 Å². The normalized spacial score (nSPS) is 19.2. The Balaban J connectivity index is 2.40. The monoisotopic (exact) mass is 233 g/mol. The highest BCUT2D eigenvalue weighted by Gasteiger charge is 2.35. The van der Waals surface area contributed by atoms with Crippen LogP contribution >= 0.6 is 0 Å². The predicted molar refractivity (Wildman–Crippen MR) is 71.6 cm³/mol. The minimum absolute atomic E-state index is 0.218. The van der Waals surface area contributed by atoms with E-state index in [1.165, 1.54) is 29.5 Å². The number of ether oxygens (including phenoxy) is 1. The minimum Gasteiger partial charge on any atom is -0.384 e. The molecule has 1 fully saturated rings. The van der Waals surface area contributed by atoms with Crippen LogP contribution in [0.3, 0.4) is 0 Å². The predicted octanol–water partition coefficient (Wildman–Crippen LogP) is 2.57. The molecule has 0 aliphatic carbocycles. The van der Waals surface area contributed by atoms with Gasteiger partial charge in [0.05, 0.1) is 6.61 Å². The first-order valence-electron chi connectivity index (χ1n) is 6.45. The average molecular weight is 233 g/mol. The first kappa shape index (κ1) is 12.6. The van der Waals surface area contributed by atoms with Gasteiger partial charge in [0.15, 0.2) is 0 Å². The van der Waals surface area contributed by atoms with Gasteiger partial charge in [0.1, 0.15) is 0 Å². The smallest absolute Gasteiger partial charge is 0.0560 e. The van der Waals surface area contributed by atoms with Crippen LogP contribution in [0, 0.1) is 13.8 Å². The van der Waals surface area contributed by atoms with Crippen molar-refractivity contribution < 1.29 is 4.74 Å². The van der Waals surface area contributed by atoms with Gasteiger partial charge in [-0.05, 0) is 50.9 Å². The summed E-state index contributed by atoms with van der Waals surface area (Å²) < 4.78 is 5.51. The van der Waals surface area contributed by atoms with Crippen molar-refractivity contribution in [1.29, 1.82) is 0 Å². The molecular weight excluding hydrogens is 210 g/mol. The first-order chi connectivity index (χ1) is 8.18. The second-order valence-corrected chi connectivity index (χ2v) is 5.28. The van der Waals surface area contributed by atoms with Crippen molar-refractivity contribution in [2.24, 2.45) is 0 Å². The van der Waals surface area contributed by atoms with Crippen molar-refractivity contribution in [3.8, 4) is 0 Å². The molecule has 0 saturated carbocycles. The van der Waals surface area contributed by atoms with Crippen molar-refractivity contribution in [2.45, 2.75) is 32.1 Å². The molecule has 0 bridgehead atoms. The number of hydrogen-bond acceptors (Lipinski definition) is 2. The molecule has 1 aliphatic rings. The van der Waals surface area contributed by atoms with Gasteiger partial charge in [0.2, 0.25) is 0 Å². The summed E-state index contributed by atoms with van der Waals surface area (Å²) in [5, 5.41) is 3.45. The molecule has 1 N–H and O–H groups in total. The Bertz CT molecular complexity index is 375.